The van der Waals surface area contributed by atoms with Gasteiger partial charge in [-0.05, 0) is 47.1 Å². The summed E-state index contributed by atoms with van der Waals surface area (Å²) in [7, 11) is -1.41. The molecule has 0 saturated carbocycles. The van der Waals surface area contributed by atoms with E-state index in [9.17, 15) is 9.59 Å². The second kappa shape index (κ2) is 12.4. The minimum Gasteiger partial charge on any atom is -0.371 e. The molecule has 176 valence electrons. The first-order chi connectivity index (χ1) is 15.2. The van der Waals surface area contributed by atoms with Crippen molar-refractivity contribution in [3.05, 3.63) is 23.1 Å². The quantitative estimate of drug-likeness (QED) is 0.176. The lowest BCUT2D eigenvalue weighted by Crippen LogP contribution is -2.44. The van der Waals surface area contributed by atoms with Crippen LogP contribution in [-0.4, -0.2) is 60.0 Å². The van der Waals surface area contributed by atoms with Crippen LogP contribution in [0.25, 0.3) is 4.85 Å². The molecule has 0 spiro atoms. The van der Waals surface area contributed by atoms with Gasteiger partial charge in [0.25, 0.3) is 14.4 Å². The van der Waals surface area contributed by atoms with Gasteiger partial charge in [-0.15, -0.1) is 5.92 Å². The van der Waals surface area contributed by atoms with Gasteiger partial charge in [0.2, 0.25) is 12.5 Å². The van der Waals surface area contributed by atoms with E-state index >= 15 is 0 Å². The monoisotopic (exact) mass is 463 g/mol. The summed E-state index contributed by atoms with van der Waals surface area (Å²) in [6.45, 7) is 19.6. The van der Waals surface area contributed by atoms with E-state index in [1.54, 1.807) is 13.0 Å². The highest BCUT2D eigenvalue weighted by Crippen LogP contribution is 2.49. The van der Waals surface area contributed by atoms with Gasteiger partial charge in [0.05, 0.1) is 29.8 Å². The summed E-state index contributed by atoms with van der Waals surface area (Å²) in [5.74, 6) is 4.01. The Balaban J connectivity index is 2.22. The van der Waals surface area contributed by atoms with Crippen LogP contribution >= 0.6 is 8.53 Å². The largest absolute Gasteiger partial charge is 0.371 e. The van der Waals surface area contributed by atoms with Crippen LogP contribution in [0, 0.1) is 24.3 Å². The molecule has 9 heteroatoms. The number of amides is 2. The van der Waals surface area contributed by atoms with E-state index in [4.69, 9.17) is 20.4 Å². The van der Waals surface area contributed by atoms with E-state index in [0.717, 1.165) is 0 Å². The van der Waals surface area contributed by atoms with Crippen molar-refractivity contribution in [2.24, 2.45) is 5.92 Å². The molecular formula is C23H34N3O5P. The second-order valence-electron chi connectivity index (χ2n) is 8.32. The summed E-state index contributed by atoms with van der Waals surface area (Å²) >= 11 is 0. The fraction of sp³-hybridized carbons (Fsp3) is 0.696. The summed E-state index contributed by atoms with van der Waals surface area (Å²) in [4.78, 5) is 27.9. The minimum atomic E-state index is -1.41. The van der Waals surface area contributed by atoms with Gasteiger partial charge < -0.3 is 18.6 Å². The molecule has 1 saturated heterocycles. The highest BCUT2D eigenvalue weighted by Gasteiger charge is 2.45. The molecule has 0 aromatic carbocycles. The number of carbonyl (C=O) groups excluding carboxylic acids is 2. The Bertz CT molecular complexity index is 803. The molecule has 0 radical (unpaired) electrons. The molecule has 0 bridgehead atoms. The maximum Gasteiger partial charge on any atom is 0.266 e. The molecule has 2 amide bonds. The lowest BCUT2D eigenvalue weighted by Gasteiger charge is -2.37. The standard InChI is InChI=1S/C23H34N3O5P/c1-8-10-17-13-18(23(28)25-22(17)27)20-14-21(19(9-2)30-20)31-32(29-12-11-24-7)26(15(3)4)16(5)6/h13,15-16,18-21H,9,11-12,14H2,1-6H3,(H,25,27,28). The topological polar surface area (TPSA) is 81.5 Å². The zero-order valence-electron chi connectivity index (χ0n) is 19.8. The Morgan fingerprint density at radius 3 is 2.59 bits per heavy atom. The molecule has 1 N–H and O–H groups in total. The molecule has 0 aromatic heterocycles. The van der Waals surface area contributed by atoms with Gasteiger partial charge in [-0.2, -0.15) is 0 Å². The molecule has 2 rings (SSSR count). The maximum atomic E-state index is 12.5. The van der Waals surface area contributed by atoms with Crippen molar-refractivity contribution in [1.29, 1.82) is 0 Å². The van der Waals surface area contributed by atoms with Crippen LogP contribution in [0.2, 0.25) is 0 Å². The van der Waals surface area contributed by atoms with Crippen LogP contribution in [-0.2, 0) is 23.4 Å². The Morgan fingerprint density at radius 1 is 1.34 bits per heavy atom. The molecule has 0 aromatic rings. The van der Waals surface area contributed by atoms with Crippen molar-refractivity contribution in [2.45, 2.75) is 84.8 Å². The molecule has 5 unspecified atom stereocenters. The normalized spacial score (nSPS) is 26.6. The summed E-state index contributed by atoms with van der Waals surface area (Å²) in [5, 5.41) is 2.39. The van der Waals surface area contributed by atoms with E-state index < -0.39 is 26.5 Å². The number of nitrogens with zero attached hydrogens (tertiary/aromatic N) is 2. The fourth-order valence-electron chi connectivity index (χ4n) is 3.96. The number of carbonyl (C=O) groups is 2. The van der Waals surface area contributed by atoms with Gasteiger partial charge in [-0.1, -0.05) is 12.8 Å². The van der Waals surface area contributed by atoms with Crippen molar-refractivity contribution in [2.75, 3.05) is 13.2 Å². The van der Waals surface area contributed by atoms with Crippen LogP contribution in [0.5, 0.6) is 0 Å². The third-order valence-corrected chi connectivity index (χ3v) is 7.45. The van der Waals surface area contributed by atoms with E-state index in [2.05, 4.69) is 54.4 Å². The predicted octanol–water partition coefficient (Wildman–Crippen LogP) is 3.44. The summed E-state index contributed by atoms with van der Waals surface area (Å²) in [5.41, 5.74) is 0.286. The summed E-state index contributed by atoms with van der Waals surface area (Å²) < 4.78 is 20.9. The molecule has 2 aliphatic heterocycles. The maximum absolute atomic E-state index is 12.5. The number of rotatable bonds is 10. The van der Waals surface area contributed by atoms with Crippen molar-refractivity contribution >= 4 is 20.3 Å². The molecule has 2 aliphatic rings. The van der Waals surface area contributed by atoms with Crippen molar-refractivity contribution < 1.29 is 23.4 Å². The van der Waals surface area contributed by atoms with E-state index in [1.165, 1.54) is 0 Å². The van der Waals surface area contributed by atoms with Crippen LogP contribution < -0.4 is 5.32 Å². The highest BCUT2D eigenvalue weighted by atomic mass is 31.2. The van der Waals surface area contributed by atoms with Gasteiger partial charge in [0, 0.05) is 18.5 Å². The van der Waals surface area contributed by atoms with Crippen molar-refractivity contribution in [3.63, 3.8) is 0 Å². The molecular weight excluding hydrogens is 429 g/mol. The van der Waals surface area contributed by atoms with Gasteiger partial charge >= 0.3 is 0 Å². The zero-order chi connectivity index (χ0) is 23.8. The second-order valence-corrected chi connectivity index (χ2v) is 9.73. The SMILES string of the molecule is [C-]#[N+]CCOP(OC1CC(C2C=C(C#CC)C(=O)NC2=O)OC1CC)N(C(C)C)C(C)C. The molecule has 5 atom stereocenters. The van der Waals surface area contributed by atoms with Crippen molar-refractivity contribution in [1.82, 2.24) is 9.99 Å². The first-order valence-electron chi connectivity index (χ1n) is 11.1. The zero-order valence-corrected chi connectivity index (χ0v) is 20.6. The third-order valence-electron chi connectivity index (χ3n) is 5.30. The minimum absolute atomic E-state index is 0.195. The first kappa shape index (κ1) is 26.5. The summed E-state index contributed by atoms with van der Waals surface area (Å²) in [6, 6.07) is 0.390. The lowest BCUT2D eigenvalue weighted by molar-refractivity contribution is -0.134. The Hall–Kier alpha value is -1.80. The molecule has 8 nitrogen and oxygen atoms in total. The molecule has 32 heavy (non-hydrogen) atoms. The van der Waals surface area contributed by atoms with Crippen LogP contribution in [0.3, 0.4) is 0 Å². The van der Waals surface area contributed by atoms with Crippen LogP contribution in [0.1, 0.15) is 54.4 Å². The molecule has 2 heterocycles. The van der Waals surface area contributed by atoms with Crippen LogP contribution in [0.4, 0.5) is 0 Å². The smallest absolute Gasteiger partial charge is 0.266 e. The van der Waals surface area contributed by atoms with Gasteiger partial charge in [-0.25, -0.2) is 11.2 Å². The van der Waals surface area contributed by atoms with E-state index in [1.807, 2.05) is 6.92 Å². The molecule has 1 fully saturated rings. The number of hydrogen-bond donors (Lipinski definition) is 1. The number of hydrogen-bond acceptors (Lipinski definition) is 6. The Morgan fingerprint density at radius 2 is 2.03 bits per heavy atom. The van der Waals surface area contributed by atoms with Crippen molar-refractivity contribution in [3.8, 4) is 11.8 Å². The highest BCUT2D eigenvalue weighted by molar-refractivity contribution is 7.44. The predicted molar refractivity (Wildman–Crippen MR) is 123 cm³/mol. The van der Waals surface area contributed by atoms with Crippen LogP contribution in [0.15, 0.2) is 11.6 Å². The first-order valence-corrected chi connectivity index (χ1v) is 12.2. The molecule has 0 aliphatic carbocycles. The number of nitrogens with one attached hydrogen (secondary N) is 1. The van der Waals surface area contributed by atoms with Gasteiger partial charge in [0.1, 0.15) is 6.61 Å². The van der Waals surface area contributed by atoms with E-state index in [0.29, 0.717) is 19.4 Å². The Labute approximate surface area is 192 Å². The number of ether oxygens (including phenoxy) is 1. The van der Waals surface area contributed by atoms with Gasteiger partial charge in [0.15, 0.2) is 0 Å². The third kappa shape index (κ3) is 6.61. The fourth-order valence-corrected chi connectivity index (χ4v) is 5.71. The number of imide groups is 1. The average molecular weight is 464 g/mol. The Kier molecular flexibility index (Phi) is 10.3. The summed E-state index contributed by atoms with van der Waals surface area (Å²) in [6.07, 6.45) is 1.95. The van der Waals surface area contributed by atoms with E-state index in [-0.39, 0.29) is 42.3 Å². The average Bonchev–Trinajstić information content (AvgIpc) is 3.12. The van der Waals surface area contributed by atoms with Gasteiger partial charge in [-0.3, -0.25) is 14.9 Å². The lowest BCUT2D eigenvalue weighted by atomic mass is 9.92.